The van der Waals surface area contributed by atoms with Crippen LogP contribution in [0.15, 0.2) is 4.52 Å². The Morgan fingerprint density at radius 1 is 1.62 bits per heavy atom. The molecule has 1 aromatic rings. The van der Waals surface area contributed by atoms with Crippen molar-refractivity contribution in [3.05, 3.63) is 11.7 Å². The number of thioether (sulfide) groups is 1. The highest BCUT2D eigenvalue weighted by molar-refractivity contribution is 7.98. The van der Waals surface area contributed by atoms with Crippen LogP contribution in [0.1, 0.15) is 29.9 Å². The normalized spacial score (nSPS) is 24.6. The van der Waals surface area contributed by atoms with Gasteiger partial charge in [0.05, 0.1) is 11.3 Å². The average molecular weight is 242 g/mol. The summed E-state index contributed by atoms with van der Waals surface area (Å²) in [5, 5.41) is 7.69. The van der Waals surface area contributed by atoms with Gasteiger partial charge in [-0.05, 0) is 20.2 Å². The monoisotopic (exact) mass is 242 g/mol. The van der Waals surface area contributed by atoms with Crippen molar-refractivity contribution < 1.29 is 4.52 Å². The average Bonchev–Trinajstić information content (AvgIpc) is 2.78. The van der Waals surface area contributed by atoms with Gasteiger partial charge in [-0.1, -0.05) is 5.16 Å². The van der Waals surface area contributed by atoms with Crippen molar-refractivity contribution in [3.8, 4) is 0 Å². The summed E-state index contributed by atoms with van der Waals surface area (Å²) in [6.45, 7) is 5.01. The van der Waals surface area contributed by atoms with E-state index in [-0.39, 0.29) is 11.3 Å². The number of likely N-dealkylation sites (N-methyl/N-ethyl adjacent to an activating group) is 1. The number of nitrogens with zero attached hydrogens (tertiary/aromatic N) is 3. The van der Waals surface area contributed by atoms with Crippen molar-refractivity contribution in [2.24, 2.45) is 0 Å². The third-order valence-electron chi connectivity index (χ3n) is 2.97. The maximum Gasteiger partial charge on any atom is 0.239 e. The van der Waals surface area contributed by atoms with Gasteiger partial charge in [-0.2, -0.15) is 16.7 Å². The first kappa shape index (κ1) is 11.9. The Morgan fingerprint density at radius 2 is 2.44 bits per heavy atom. The summed E-state index contributed by atoms with van der Waals surface area (Å²) >= 11 is 1.71. The lowest BCUT2D eigenvalue weighted by Crippen LogP contribution is -2.44. The molecule has 90 valence electrons. The largest absolute Gasteiger partial charge is 0.338 e. The lowest BCUT2D eigenvalue weighted by Gasteiger charge is -2.30. The van der Waals surface area contributed by atoms with Crippen LogP contribution in [0.4, 0.5) is 0 Å². The fourth-order valence-corrected chi connectivity index (χ4v) is 2.04. The van der Waals surface area contributed by atoms with Crippen LogP contribution >= 0.6 is 11.8 Å². The molecule has 2 heterocycles. The van der Waals surface area contributed by atoms with E-state index in [9.17, 15) is 0 Å². The number of piperazine rings is 1. The maximum absolute atomic E-state index is 5.28. The standard InChI is InChI=1S/C10H18N4OS/c1-7(16-3)10-12-9(13-15-10)8-6-11-4-5-14(8)2/h7-8,11H,4-6H2,1-3H3. The Bertz CT molecular complexity index is 343. The van der Waals surface area contributed by atoms with Gasteiger partial charge in [0.25, 0.3) is 0 Å². The predicted molar refractivity (Wildman–Crippen MR) is 64.5 cm³/mol. The van der Waals surface area contributed by atoms with Crippen molar-refractivity contribution in [1.29, 1.82) is 0 Å². The van der Waals surface area contributed by atoms with E-state index in [0.29, 0.717) is 0 Å². The molecule has 1 aromatic heterocycles. The molecule has 2 atom stereocenters. The molecule has 16 heavy (non-hydrogen) atoms. The second kappa shape index (κ2) is 5.16. The van der Waals surface area contributed by atoms with Crippen LogP contribution in [0.3, 0.4) is 0 Å². The molecule has 1 fully saturated rings. The van der Waals surface area contributed by atoms with Gasteiger partial charge < -0.3 is 9.84 Å². The SMILES string of the molecule is CSC(C)c1nc(C2CNCCN2C)no1. The van der Waals surface area contributed by atoms with Crippen LogP contribution < -0.4 is 5.32 Å². The summed E-state index contributed by atoms with van der Waals surface area (Å²) in [6, 6.07) is 0.236. The summed E-state index contributed by atoms with van der Waals surface area (Å²) in [7, 11) is 2.10. The van der Waals surface area contributed by atoms with Crippen molar-refractivity contribution in [1.82, 2.24) is 20.4 Å². The quantitative estimate of drug-likeness (QED) is 0.855. The summed E-state index contributed by atoms with van der Waals surface area (Å²) in [5.74, 6) is 1.52. The van der Waals surface area contributed by atoms with Gasteiger partial charge in [0.15, 0.2) is 5.82 Å². The van der Waals surface area contributed by atoms with E-state index in [4.69, 9.17) is 4.52 Å². The molecular weight excluding hydrogens is 224 g/mol. The fraction of sp³-hybridized carbons (Fsp3) is 0.800. The minimum atomic E-state index is 0.236. The van der Waals surface area contributed by atoms with Gasteiger partial charge in [-0.25, -0.2) is 0 Å². The molecule has 0 aromatic carbocycles. The minimum absolute atomic E-state index is 0.236. The Hall–Kier alpha value is -0.590. The molecule has 1 saturated heterocycles. The zero-order valence-electron chi connectivity index (χ0n) is 9.93. The molecule has 0 aliphatic carbocycles. The molecule has 1 aliphatic rings. The Kier molecular flexibility index (Phi) is 3.83. The molecule has 6 heteroatoms. The van der Waals surface area contributed by atoms with Crippen LogP contribution in [0.25, 0.3) is 0 Å². The van der Waals surface area contributed by atoms with Crippen LogP contribution in [0, 0.1) is 0 Å². The van der Waals surface area contributed by atoms with Gasteiger partial charge in [-0.15, -0.1) is 0 Å². The van der Waals surface area contributed by atoms with Gasteiger partial charge in [0.2, 0.25) is 5.89 Å². The third kappa shape index (κ3) is 2.39. The van der Waals surface area contributed by atoms with Crippen molar-refractivity contribution in [3.63, 3.8) is 0 Å². The first-order valence-corrected chi connectivity index (χ1v) is 6.78. The number of rotatable bonds is 3. The van der Waals surface area contributed by atoms with E-state index in [1.54, 1.807) is 11.8 Å². The van der Waals surface area contributed by atoms with Gasteiger partial charge >= 0.3 is 0 Å². The Morgan fingerprint density at radius 3 is 3.12 bits per heavy atom. The fourth-order valence-electron chi connectivity index (χ4n) is 1.74. The second-order valence-corrected chi connectivity index (χ2v) is 5.25. The number of nitrogens with one attached hydrogen (secondary N) is 1. The van der Waals surface area contributed by atoms with E-state index in [1.165, 1.54) is 0 Å². The topological polar surface area (TPSA) is 54.2 Å². The molecule has 0 bridgehead atoms. The van der Waals surface area contributed by atoms with Crippen LogP contribution in [-0.4, -0.2) is 48.0 Å². The minimum Gasteiger partial charge on any atom is -0.338 e. The van der Waals surface area contributed by atoms with Crippen LogP contribution in [0.2, 0.25) is 0 Å². The molecule has 2 rings (SSSR count). The predicted octanol–water partition coefficient (Wildman–Crippen LogP) is 1.07. The maximum atomic E-state index is 5.28. The lowest BCUT2D eigenvalue weighted by molar-refractivity contribution is 0.190. The summed E-state index contributed by atoms with van der Waals surface area (Å²) < 4.78 is 5.28. The molecule has 0 saturated carbocycles. The van der Waals surface area contributed by atoms with Crippen LogP contribution in [0.5, 0.6) is 0 Å². The van der Waals surface area contributed by atoms with Gasteiger partial charge in [0.1, 0.15) is 0 Å². The summed E-state index contributed by atoms with van der Waals surface area (Å²) in [4.78, 5) is 6.73. The molecule has 1 aliphatic heterocycles. The first-order valence-electron chi connectivity index (χ1n) is 5.49. The van der Waals surface area contributed by atoms with E-state index in [2.05, 4.69) is 34.3 Å². The van der Waals surface area contributed by atoms with Crippen LogP contribution in [-0.2, 0) is 0 Å². The van der Waals surface area contributed by atoms with Gasteiger partial charge in [0, 0.05) is 19.6 Å². The Labute approximate surface area is 100.0 Å². The highest BCUT2D eigenvalue weighted by Gasteiger charge is 2.26. The molecular formula is C10H18N4OS. The summed E-state index contributed by atoms with van der Waals surface area (Å²) in [6.07, 6.45) is 2.04. The zero-order chi connectivity index (χ0) is 11.5. The number of hydrogen-bond donors (Lipinski definition) is 1. The van der Waals surface area contributed by atoms with E-state index >= 15 is 0 Å². The van der Waals surface area contributed by atoms with E-state index in [1.807, 2.05) is 6.26 Å². The third-order valence-corrected chi connectivity index (χ3v) is 3.88. The van der Waals surface area contributed by atoms with Crippen molar-refractivity contribution >= 4 is 11.8 Å². The highest BCUT2D eigenvalue weighted by Crippen LogP contribution is 2.26. The molecule has 5 nitrogen and oxygen atoms in total. The molecule has 1 N–H and O–H groups in total. The molecule has 0 radical (unpaired) electrons. The molecule has 0 spiro atoms. The second-order valence-electron chi connectivity index (χ2n) is 4.07. The van der Waals surface area contributed by atoms with E-state index in [0.717, 1.165) is 31.3 Å². The van der Waals surface area contributed by atoms with Crippen molar-refractivity contribution in [2.75, 3.05) is 32.9 Å². The number of hydrogen-bond acceptors (Lipinski definition) is 6. The smallest absolute Gasteiger partial charge is 0.239 e. The van der Waals surface area contributed by atoms with E-state index < -0.39 is 0 Å². The molecule has 0 amide bonds. The van der Waals surface area contributed by atoms with Gasteiger partial charge in [-0.3, -0.25) is 4.90 Å². The summed E-state index contributed by atoms with van der Waals surface area (Å²) in [5.41, 5.74) is 0. The Balaban J connectivity index is 2.11. The molecule has 2 unspecified atom stereocenters. The zero-order valence-corrected chi connectivity index (χ0v) is 10.8. The first-order chi connectivity index (χ1) is 7.72. The van der Waals surface area contributed by atoms with Crippen molar-refractivity contribution in [2.45, 2.75) is 18.2 Å². The number of aromatic nitrogens is 2. The lowest BCUT2D eigenvalue weighted by atomic mass is 10.2. The highest BCUT2D eigenvalue weighted by atomic mass is 32.2.